The van der Waals surface area contributed by atoms with Crippen LogP contribution in [0.2, 0.25) is 0 Å². The van der Waals surface area contributed by atoms with Crippen molar-refractivity contribution in [3.8, 4) is 0 Å². The molecule has 1 aliphatic carbocycles. The van der Waals surface area contributed by atoms with Crippen LogP contribution >= 0.6 is 0 Å². The van der Waals surface area contributed by atoms with E-state index in [1.165, 1.54) is 30.5 Å². The largest absolute Gasteiger partial charge is 0.384 e. The number of dihydropyridines is 1. The van der Waals surface area contributed by atoms with Gasteiger partial charge in [0.1, 0.15) is 0 Å². The van der Waals surface area contributed by atoms with Crippen molar-refractivity contribution in [3.05, 3.63) is 23.4 Å². The molecule has 2 rings (SSSR count). The van der Waals surface area contributed by atoms with E-state index in [4.69, 9.17) is 11.5 Å². The molecule has 0 aromatic rings. The van der Waals surface area contributed by atoms with Crippen molar-refractivity contribution >= 4 is 0 Å². The highest BCUT2D eigenvalue weighted by Gasteiger charge is 2.27. The summed E-state index contributed by atoms with van der Waals surface area (Å²) in [4.78, 5) is 0. The fourth-order valence-electron chi connectivity index (χ4n) is 2.80. The summed E-state index contributed by atoms with van der Waals surface area (Å²) in [5.41, 5.74) is 14.7. The first-order chi connectivity index (χ1) is 7.83. The van der Waals surface area contributed by atoms with Gasteiger partial charge in [0.25, 0.3) is 0 Å². The Bertz CT molecular complexity index is 294. The van der Waals surface area contributed by atoms with Gasteiger partial charge in [-0.15, -0.1) is 0 Å². The average Bonchev–Trinajstić information content (AvgIpc) is 2.35. The Morgan fingerprint density at radius 2 is 2.38 bits per heavy atom. The van der Waals surface area contributed by atoms with Crippen molar-refractivity contribution in [1.82, 2.24) is 5.32 Å². The molecule has 0 fully saturated rings. The van der Waals surface area contributed by atoms with Crippen LogP contribution in [0.4, 0.5) is 0 Å². The van der Waals surface area contributed by atoms with Gasteiger partial charge in [0.15, 0.2) is 0 Å². The maximum atomic E-state index is 6.29. The molecule has 5 N–H and O–H groups in total. The van der Waals surface area contributed by atoms with Gasteiger partial charge in [-0.25, -0.2) is 0 Å². The number of nitrogens with two attached hydrogens (primary N) is 2. The molecule has 0 aromatic heterocycles. The molecule has 1 aliphatic heterocycles. The van der Waals surface area contributed by atoms with Crippen molar-refractivity contribution in [3.63, 3.8) is 0 Å². The third kappa shape index (κ3) is 2.47. The molecule has 0 amide bonds. The lowest BCUT2D eigenvalue weighted by atomic mass is 9.80. The van der Waals surface area contributed by atoms with Gasteiger partial charge in [0, 0.05) is 24.2 Å². The van der Waals surface area contributed by atoms with E-state index in [0.29, 0.717) is 5.92 Å². The minimum absolute atomic E-state index is 0.271. The average molecular weight is 221 g/mol. The first-order valence-electron chi connectivity index (χ1n) is 6.42. The molecule has 0 saturated carbocycles. The van der Waals surface area contributed by atoms with E-state index in [9.17, 15) is 0 Å². The first-order valence-corrected chi connectivity index (χ1v) is 6.42. The zero-order valence-electron chi connectivity index (χ0n) is 9.91. The summed E-state index contributed by atoms with van der Waals surface area (Å²) in [6.45, 7) is 1.71. The van der Waals surface area contributed by atoms with Crippen LogP contribution in [0, 0.1) is 5.92 Å². The molecular formula is C13H23N3. The third-order valence-electron chi connectivity index (χ3n) is 3.67. The zero-order valence-corrected chi connectivity index (χ0v) is 9.91. The van der Waals surface area contributed by atoms with Gasteiger partial charge in [-0.3, -0.25) is 0 Å². The van der Waals surface area contributed by atoms with Gasteiger partial charge >= 0.3 is 0 Å². The summed E-state index contributed by atoms with van der Waals surface area (Å²) in [6.07, 6.45) is 10.3. The van der Waals surface area contributed by atoms with Crippen molar-refractivity contribution in [2.24, 2.45) is 17.4 Å². The number of allylic oxidation sites excluding steroid dienone is 2. The van der Waals surface area contributed by atoms with Crippen LogP contribution in [-0.2, 0) is 0 Å². The van der Waals surface area contributed by atoms with E-state index in [1.807, 2.05) is 0 Å². The Balaban J connectivity index is 2.05. The Morgan fingerprint density at radius 3 is 3.19 bits per heavy atom. The van der Waals surface area contributed by atoms with Crippen LogP contribution in [0.5, 0.6) is 0 Å². The zero-order chi connectivity index (χ0) is 11.4. The van der Waals surface area contributed by atoms with E-state index < -0.39 is 0 Å². The van der Waals surface area contributed by atoms with Gasteiger partial charge in [-0.1, -0.05) is 12.2 Å². The molecule has 0 spiro atoms. The molecule has 2 aliphatic rings. The maximum Gasteiger partial charge on any atom is 0.0331 e. The van der Waals surface area contributed by atoms with Gasteiger partial charge in [-0.05, 0) is 44.2 Å². The summed E-state index contributed by atoms with van der Waals surface area (Å²) < 4.78 is 0. The molecule has 3 heteroatoms. The van der Waals surface area contributed by atoms with Gasteiger partial charge in [0.05, 0.1) is 0 Å². The van der Waals surface area contributed by atoms with Crippen molar-refractivity contribution in [2.45, 2.75) is 38.1 Å². The summed E-state index contributed by atoms with van der Waals surface area (Å²) >= 11 is 0. The second kappa shape index (κ2) is 5.51. The van der Waals surface area contributed by atoms with Crippen LogP contribution in [0.1, 0.15) is 32.1 Å². The summed E-state index contributed by atoms with van der Waals surface area (Å²) in [5.74, 6) is 0.528. The summed E-state index contributed by atoms with van der Waals surface area (Å²) in [6, 6.07) is 0.271. The lowest BCUT2D eigenvalue weighted by molar-refractivity contribution is 0.374. The molecule has 2 atom stereocenters. The highest BCUT2D eigenvalue weighted by Crippen LogP contribution is 2.33. The first kappa shape index (κ1) is 11.7. The second-order valence-corrected chi connectivity index (χ2v) is 4.82. The van der Waals surface area contributed by atoms with E-state index in [1.54, 1.807) is 0 Å². The second-order valence-electron chi connectivity index (χ2n) is 4.82. The number of hydrogen-bond donors (Lipinski definition) is 3. The predicted octanol–water partition coefficient (Wildman–Crippen LogP) is 1.27. The van der Waals surface area contributed by atoms with Crippen LogP contribution in [-0.4, -0.2) is 19.1 Å². The molecule has 1 heterocycles. The van der Waals surface area contributed by atoms with Gasteiger partial charge in [-0.2, -0.15) is 0 Å². The highest BCUT2D eigenvalue weighted by molar-refractivity contribution is 5.32. The van der Waals surface area contributed by atoms with Gasteiger partial charge in [0.2, 0.25) is 0 Å². The molecule has 0 saturated heterocycles. The normalized spacial score (nSPS) is 26.2. The monoisotopic (exact) mass is 221 g/mol. The highest BCUT2D eigenvalue weighted by atomic mass is 14.9. The number of rotatable bonds is 4. The molecule has 3 nitrogen and oxygen atoms in total. The SMILES string of the molecule is NCCCC(N)C1CCCC2=C1NCC=C2. The maximum absolute atomic E-state index is 6.29. The Kier molecular flexibility index (Phi) is 4.02. The quantitative estimate of drug-likeness (QED) is 0.670. The predicted molar refractivity (Wildman–Crippen MR) is 67.8 cm³/mol. The van der Waals surface area contributed by atoms with E-state index >= 15 is 0 Å². The summed E-state index contributed by atoms with van der Waals surface area (Å²) in [7, 11) is 0. The van der Waals surface area contributed by atoms with Crippen LogP contribution < -0.4 is 16.8 Å². The molecule has 0 bridgehead atoms. The molecule has 16 heavy (non-hydrogen) atoms. The Labute approximate surface area is 98.0 Å². The number of hydrogen-bond acceptors (Lipinski definition) is 3. The molecule has 2 unspecified atom stereocenters. The van der Waals surface area contributed by atoms with E-state index in [-0.39, 0.29) is 6.04 Å². The van der Waals surface area contributed by atoms with Crippen molar-refractivity contribution < 1.29 is 0 Å². The standard InChI is InChI=1S/C13H23N3/c14-8-2-7-12(15)11-6-1-4-10-5-3-9-16-13(10)11/h3,5,11-12,16H,1-2,4,6-9,14-15H2. The van der Waals surface area contributed by atoms with E-state index in [2.05, 4.69) is 17.5 Å². The Hall–Kier alpha value is -0.800. The lowest BCUT2D eigenvalue weighted by Gasteiger charge is -2.34. The van der Waals surface area contributed by atoms with E-state index in [0.717, 1.165) is 25.9 Å². The fourth-order valence-corrected chi connectivity index (χ4v) is 2.80. The van der Waals surface area contributed by atoms with Crippen molar-refractivity contribution in [2.75, 3.05) is 13.1 Å². The van der Waals surface area contributed by atoms with Crippen LogP contribution in [0.15, 0.2) is 23.4 Å². The van der Waals surface area contributed by atoms with Crippen molar-refractivity contribution in [1.29, 1.82) is 0 Å². The fraction of sp³-hybridized carbons (Fsp3) is 0.692. The molecule has 0 radical (unpaired) electrons. The molecule has 90 valence electrons. The summed E-state index contributed by atoms with van der Waals surface area (Å²) in [5, 5.41) is 3.51. The van der Waals surface area contributed by atoms with Gasteiger partial charge < -0.3 is 16.8 Å². The molecule has 0 aromatic carbocycles. The van der Waals surface area contributed by atoms with Crippen LogP contribution in [0.25, 0.3) is 0 Å². The number of nitrogens with one attached hydrogen (secondary N) is 1. The molecular weight excluding hydrogens is 198 g/mol. The van der Waals surface area contributed by atoms with Crippen LogP contribution in [0.3, 0.4) is 0 Å². The minimum atomic E-state index is 0.271. The smallest absolute Gasteiger partial charge is 0.0331 e. The Morgan fingerprint density at radius 1 is 1.50 bits per heavy atom. The lowest BCUT2D eigenvalue weighted by Crippen LogP contribution is -2.39. The minimum Gasteiger partial charge on any atom is -0.384 e. The topological polar surface area (TPSA) is 64.1 Å². The third-order valence-corrected chi connectivity index (χ3v) is 3.67.